The highest BCUT2D eigenvalue weighted by Gasteiger charge is 2.23. The van der Waals surface area contributed by atoms with E-state index >= 15 is 0 Å². The Morgan fingerprint density at radius 3 is 2.38 bits per heavy atom. The van der Waals surface area contributed by atoms with Crippen LogP contribution in [-0.2, 0) is 0 Å². The third-order valence-electron chi connectivity index (χ3n) is 4.23. The van der Waals surface area contributed by atoms with Crippen LogP contribution in [-0.4, -0.2) is 12.6 Å². The fourth-order valence-corrected chi connectivity index (χ4v) is 3.09. The summed E-state index contributed by atoms with van der Waals surface area (Å²) in [6.45, 7) is 2.32. The van der Waals surface area contributed by atoms with Crippen LogP contribution >= 0.6 is 0 Å². The fraction of sp³-hybridized carbons (Fsp3) is 0.0909. The molecule has 26 heavy (non-hydrogen) atoms. The zero-order valence-corrected chi connectivity index (χ0v) is 14.4. The molecule has 0 atom stereocenters. The van der Waals surface area contributed by atoms with E-state index in [2.05, 4.69) is 6.07 Å². The van der Waals surface area contributed by atoms with Crippen LogP contribution in [0.4, 0.5) is 0 Å². The van der Waals surface area contributed by atoms with Crippen LogP contribution < -0.4 is 14.3 Å². The van der Waals surface area contributed by atoms with Gasteiger partial charge in [-0.2, -0.15) is 0 Å². The number of benzene rings is 3. The van der Waals surface area contributed by atoms with Crippen molar-refractivity contribution in [3.05, 3.63) is 84.7 Å². The molecule has 0 aliphatic heterocycles. The molecule has 4 nitrogen and oxygen atoms in total. The van der Waals surface area contributed by atoms with Gasteiger partial charge in [0.2, 0.25) is 6.20 Å². The summed E-state index contributed by atoms with van der Waals surface area (Å²) in [6.07, 6.45) is 1.69. The van der Waals surface area contributed by atoms with Gasteiger partial charge in [-0.05, 0) is 35.2 Å². The molecule has 3 aromatic carbocycles. The van der Waals surface area contributed by atoms with Gasteiger partial charge in [0.25, 0.3) is 0 Å². The molecule has 0 radical (unpaired) electrons. The molecule has 0 aliphatic carbocycles. The number of pyridine rings is 1. The second-order valence-electron chi connectivity index (χ2n) is 5.86. The van der Waals surface area contributed by atoms with Crippen molar-refractivity contribution in [1.29, 1.82) is 0 Å². The Bertz CT molecular complexity index is 1100. The number of carbonyl (C=O) groups excluding carboxylic acids is 1. The lowest BCUT2D eigenvalue weighted by atomic mass is 10.0. The topological polar surface area (TPSA) is 39.4 Å². The Kier molecular flexibility index (Phi) is 4.23. The highest BCUT2D eigenvalue weighted by Crippen LogP contribution is 2.33. The number of fused-ring (bicyclic) bond motifs is 3. The minimum atomic E-state index is -0.459. The van der Waals surface area contributed by atoms with E-state index in [0.29, 0.717) is 18.1 Å². The van der Waals surface area contributed by atoms with Gasteiger partial charge in [-0.1, -0.05) is 48.5 Å². The summed E-state index contributed by atoms with van der Waals surface area (Å²) in [4.78, 5) is 18.2. The third kappa shape index (κ3) is 2.86. The largest absolute Gasteiger partial charge is 0.418 e. The van der Waals surface area contributed by atoms with Crippen LogP contribution in [0.5, 0.6) is 5.75 Å². The standard InChI is InChI=1S/C22H18NO3/c1-2-25-23-14-8-7-13-20(23)22(24)26-21-15-16-9-3-4-10-17(16)18-11-5-6-12-19(18)21/h3-15H,2H2,1H3/q+1. The molecule has 4 heteroatoms. The van der Waals surface area contributed by atoms with Gasteiger partial charge in [-0.25, -0.2) is 4.79 Å². The summed E-state index contributed by atoms with van der Waals surface area (Å²) < 4.78 is 7.21. The predicted molar refractivity (Wildman–Crippen MR) is 100 cm³/mol. The molecule has 0 aliphatic rings. The maximum atomic E-state index is 12.8. The molecular weight excluding hydrogens is 326 g/mol. The van der Waals surface area contributed by atoms with Gasteiger partial charge in [-0.15, -0.1) is 0 Å². The summed E-state index contributed by atoms with van der Waals surface area (Å²) in [5.74, 6) is 0.0793. The van der Waals surface area contributed by atoms with Gasteiger partial charge in [0.05, 0.1) is 0 Å². The Morgan fingerprint density at radius 2 is 1.58 bits per heavy atom. The first-order valence-electron chi connectivity index (χ1n) is 8.54. The molecule has 0 N–H and O–H groups in total. The zero-order chi connectivity index (χ0) is 17.9. The van der Waals surface area contributed by atoms with E-state index in [1.54, 1.807) is 24.4 Å². The van der Waals surface area contributed by atoms with Crippen molar-refractivity contribution in [1.82, 2.24) is 0 Å². The first-order chi connectivity index (χ1) is 12.8. The molecule has 0 fully saturated rings. The summed E-state index contributed by atoms with van der Waals surface area (Å²) in [6, 6.07) is 23.2. The van der Waals surface area contributed by atoms with Crippen molar-refractivity contribution in [2.75, 3.05) is 6.61 Å². The van der Waals surface area contributed by atoms with Crippen LogP contribution in [0.15, 0.2) is 79.0 Å². The maximum Gasteiger partial charge on any atom is 0.414 e. The second-order valence-corrected chi connectivity index (χ2v) is 5.86. The molecule has 0 saturated heterocycles. The number of carbonyl (C=O) groups is 1. The molecule has 0 saturated carbocycles. The lowest BCUT2D eigenvalue weighted by Crippen LogP contribution is -2.48. The van der Waals surface area contributed by atoms with Gasteiger partial charge in [0.1, 0.15) is 5.75 Å². The molecule has 128 valence electrons. The Balaban J connectivity index is 1.81. The van der Waals surface area contributed by atoms with Crippen LogP contribution in [0.3, 0.4) is 0 Å². The number of ether oxygens (including phenoxy) is 1. The van der Waals surface area contributed by atoms with E-state index in [9.17, 15) is 4.79 Å². The summed E-state index contributed by atoms with van der Waals surface area (Å²) in [5, 5.41) is 4.12. The van der Waals surface area contributed by atoms with Gasteiger partial charge >= 0.3 is 11.7 Å². The predicted octanol–water partition coefficient (Wildman–Crippen LogP) is 3.95. The fourth-order valence-electron chi connectivity index (χ4n) is 3.09. The molecule has 0 unspecified atom stereocenters. The van der Waals surface area contributed by atoms with E-state index in [1.807, 2.05) is 55.5 Å². The van der Waals surface area contributed by atoms with Crippen LogP contribution in [0.2, 0.25) is 0 Å². The SMILES string of the molecule is CCO[n+]1ccccc1C(=O)Oc1cc2ccccc2c2ccccc12. The Labute approximate surface area is 151 Å². The number of nitrogens with zero attached hydrogens (tertiary/aromatic N) is 1. The van der Waals surface area contributed by atoms with Gasteiger partial charge in [0.15, 0.2) is 6.61 Å². The van der Waals surface area contributed by atoms with Crippen molar-refractivity contribution >= 4 is 27.5 Å². The molecule has 0 spiro atoms. The molecule has 0 amide bonds. The second kappa shape index (κ2) is 6.84. The van der Waals surface area contributed by atoms with Crippen molar-refractivity contribution in [2.45, 2.75) is 6.92 Å². The molecule has 0 bridgehead atoms. The molecule has 4 rings (SSSR count). The molecular formula is C22H18NO3+. The zero-order valence-electron chi connectivity index (χ0n) is 14.4. The van der Waals surface area contributed by atoms with Crippen LogP contribution in [0.1, 0.15) is 17.4 Å². The van der Waals surface area contributed by atoms with Gasteiger partial charge in [0, 0.05) is 22.2 Å². The first kappa shape index (κ1) is 16.1. The number of hydrogen-bond donors (Lipinski definition) is 0. The lowest BCUT2D eigenvalue weighted by molar-refractivity contribution is -0.892. The van der Waals surface area contributed by atoms with Crippen molar-refractivity contribution in [2.24, 2.45) is 0 Å². The minimum absolute atomic E-state index is 0.339. The summed E-state index contributed by atoms with van der Waals surface area (Å²) >= 11 is 0. The average Bonchev–Trinajstić information content (AvgIpc) is 2.69. The highest BCUT2D eigenvalue weighted by atomic mass is 16.7. The van der Waals surface area contributed by atoms with E-state index in [-0.39, 0.29) is 0 Å². The Morgan fingerprint density at radius 1 is 0.885 bits per heavy atom. The van der Waals surface area contributed by atoms with Crippen molar-refractivity contribution in [3.8, 4) is 5.75 Å². The Hall–Kier alpha value is -3.40. The maximum absolute atomic E-state index is 12.8. The van der Waals surface area contributed by atoms with Gasteiger partial charge < -0.3 is 4.74 Å². The first-order valence-corrected chi connectivity index (χ1v) is 8.54. The molecule has 1 heterocycles. The van der Waals surface area contributed by atoms with Crippen molar-refractivity contribution < 1.29 is 19.1 Å². The number of rotatable bonds is 4. The minimum Gasteiger partial charge on any atom is -0.418 e. The third-order valence-corrected chi connectivity index (χ3v) is 4.23. The number of aromatic nitrogens is 1. The lowest BCUT2D eigenvalue weighted by Gasteiger charge is -2.10. The van der Waals surface area contributed by atoms with Gasteiger partial charge in [-0.3, -0.25) is 4.84 Å². The quantitative estimate of drug-likeness (QED) is 0.244. The van der Waals surface area contributed by atoms with E-state index < -0.39 is 5.97 Å². The molecule has 1 aromatic heterocycles. The highest BCUT2D eigenvalue weighted by molar-refractivity contribution is 6.11. The normalized spacial score (nSPS) is 10.8. The molecule has 4 aromatic rings. The van der Waals surface area contributed by atoms with E-state index in [1.165, 1.54) is 4.73 Å². The van der Waals surface area contributed by atoms with E-state index in [4.69, 9.17) is 9.57 Å². The smallest absolute Gasteiger partial charge is 0.414 e. The summed E-state index contributed by atoms with van der Waals surface area (Å²) in [7, 11) is 0. The number of esters is 1. The average molecular weight is 344 g/mol. The summed E-state index contributed by atoms with van der Waals surface area (Å²) in [5.41, 5.74) is 0.339. The van der Waals surface area contributed by atoms with Crippen molar-refractivity contribution in [3.63, 3.8) is 0 Å². The number of hydrogen-bond acceptors (Lipinski definition) is 3. The monoisotopic (exact) mass is 344 g/mol. The van der Waals surface area contributed by atoms with Crippen LogP contribution in [0, 0.1) is 0 Å². The van der Waals surface area contributed by atoms with Crippen LogP contribution in [0.25, 0.3) is 21.5 Å². The van der Waals surface area contributed by atoms with E-state index in [0.717, 1.165) is 21.5 Å².